The second kappa shape index (κ2) is 5.38. The highest BCUT2D eigenvalue weighted by molar-refractivity contribution is 7.90. The Labute approximate surface area is 118 Å². The SMILES string of the molecule is O=S(=O)(NCCc1cnoc1)C1CC1c1ccccc1. The van der Waals surface area contributed by atoms with Gasteiger partial charge in [-0.1, -0.05) is 35.5 Å². The van der Waals surface area contributed by atoms with Crippen LogP contribution in [-0.4, -0.2) is 25.4 Å². The van der Waals surface area contributed by atoms with E-state index in [9.17, 15) is 8.42 Å². The topological polar surface area (TPSA) is 72.2 Å². The zero-order valence-electron chi connectivity index (χ0n) is 10.9. The molecule has 1 aromatic carbocycles. The molecule has 20 heavy (non-hydrogen) atoms. The average Bonchev–Trinajstić information content (AvgIpc) is 3.12. The van der Waals surface area contributed by atoms with E-state index >= 15 is 0 Å². The molecule has 1 aromatic heterocycles. The van der Waals surface area contributed by atoms with Crippen molar-refractivity contribution < 1.29 is 12.9 Å². The first-order valence-electron chi connectivity index (χ1n) is 6.58. The highest BCUT2D eigenvalue weighted by atomic mass is 32.2. The summed E-state index contributed by atoms with van der Waals surface area (Å²) in [4.78, 5) is 0. The molecule has 0 spiro atoms. The van der Waals surface area contributed by atoms with Crippen LogP contribution in [-0.2, 0) is 16.4 Å². The lowest BCUT2D eigenvalue weighted by Crippen LogP contribution is -2.29. The third-order valence-corrected chi connectivity index (χ3v) is 5.48. The molecule has 0 aliphatic heterocycles. The molecule has 5 nitrogen and oxygen atoms in total. The number of nitrogens with zero attached hydrogens (tertiary/aromatic N) is 1. The summed E-state index contributed by atoms with van der Waals surface area (Å²) < 4.78 is 31.7. The van der Waals surface area contributed by atoms with Crippen molar-refractivity contribution in [3.63, 3.8) is 0 Å². The summed E-state index contributed by atoms with van der Waals surface area (Å²) in [6.45, 7) is 0.377. The van der Waals surface area contributed by atoms with Crippen LogP contribution >= 0.6 is 0 Å². The van der Waals surface area contributed by atoms with Crippen LogP contribution in [0.3, 0.4) is 0 Å². The lowest BCUT2D eigenvalue weighted by Gasteiger charge is -2.05. The smallest absolute Gasteiger partial charge is 0.215 e. The van der Waals surface area contributed by atoms with E-state index in [0.29, 0.717) is 19.4 Å². The van der Waals surface area contributed by atoms with Crippen molar-refractivity contribution in [2.24, 2.45) is 0 Å². The van der Waals surface area contributed by atoms with Gasteiger partial charge in [0.25, 0.3) is 0 Å². The van der Waals surface area contributed by atoms with Crippen molar-refractivity contribution in [3.05, 3.63) is 53.9 Å². The Hall–Kier alpha value is -1.66. The first-order chi connectivity index (χ1) is 9.67. The molecule has 0 bridgehead atoms. The third-order valence-electron chi connectivity index (χ3n) is 3.56. The van der Waals surface area contributed by atoms with E-state index in [1.165, 1.54) is 6.26 Å². The number of nitrogens with one attached hydrogen (secondary N) is 1. The molecule has 1 aliphatic rings. The third kappa shape index (κ3) is 2.91. The molecular weight excluding hydrogens is 276 g/mol. The Balaban J connectivity index is 1.55. The van der Waals surface area contributed by atoms with Crippen molar-refractivity contribution in [2.75, 3.05) is 6.54 Å². The second-order valence-corrected chi connectivity index (χ2v) is 7.00. The van der Waals surface area contributed by atoms with Gasteiger partial charge in [-0.15, -0.1) is 0 Å². The van der Waals surface area contributed by atoms with Crippen molar-refractivity contribution >= 4 is 10.0 Å². The highest BCUT2D eigenvalue weighted by Gasteiger charge is 2.47. The van der Waals surface area contributed by atoms with E-state index in [0.717, 1.165) is 11.1 Å². The van der Waals surface area contributed by atoms with Crippen LogP contribution in [0.4, 0.5) is 0 Å². The number of hydrogen-bond acceptors (Lipinski definition) is 4. The van der Waals surface area contributed by atoms with E-state index in [1.807, 2.05) is 30.3 Å². The van der Waals surface area contributed by atoms with Gasteiger partial charge < -0.3 is 4.52 Å². The summed E-state index contributed by atoms with van der Waals surface area (Å²) in [6.07, 6.45) is 4.41. The predicted octanol–water partition coefficient (Wildman–Crippen LogP) is 1.69. The van der Waals surface area contributed by atoms with E-state index in [4.69, 9.17) is 4.52 Å². The van der Waals surface area contributed by atoms with Gasteiger partial charge in [0.05, 0.1) is 11.4 Å². The number of hydrogen-bond donors (Lipinski definition) is 1. The molecule has 0 amide bonds. The maximum atomic E-state index is 12.2. The average molecular weight is 292 g/mol. The zero-order chi connectivity index (χ0) is 14.0. The van der Waals surface area contributed by atoms with Crippen LogP contribution in [0.5, 0.6) is 0 Å². The zero-order valence-corrected chi connectivity index (χ0v) is 11.7. The Morgan fingerprint density at radius 1 is 1.30 bits per heavy atom. The maximum Gasteiger partial charge on any atom is 0.215 e. The predicted molar refractivity (Wildman–Crippen MR) is 74.7 cm³/mol. The lowest BCUT2D eigenvalue weighted by molar-refractivity contribution is 0.419. The highest BCUT2D eigenvalue weighted by Crippen LogP contribution is 2.45. The summed E-state index contributed by atoms with van der Waals surface area (Å²) in [6, 6.07) is 9.79. The molecular formula is C14H16N2O3S. The Bertz CT molecular complexity index is 653. The number of aromatic nitrogens is 1. The Morgan fingerprint density at radius 3 is 2.80 bits per heavy atom. The van der Waals surface area contributed by atoms with Gasteiger partial charge in [-0.2, -0.15) is 0 Å². The molecule has 6 heteroatoms. The van der Waals surface area contributed by atoms with Gasteiger partial charge in [0.15, 0.2) is 0 Å². The van der Waals surface area contributed by atoms with Gasteiger partial charge in [0.1, 0.15) is 6.26 Å². The minimum absolute atomic E-state index is 0.129. The molecule has 2 atom stereocenters. The number of rotatable bonds is 6. The van der Waals surface area contributed by atoms with Crippen LogP contribution < -0.4 is 4.72 Å². The van der Waals surface area contributed by atoms with E-state index in [2.05, 4.69) is 9.88 Å². The van der Waals surface area contributed by atoms with Crippen LogP contribution in [0.15, 0.2) is 47.3 Å². The fourth-order valence-electron chi connectivity index (χ4n) is 2.36. The van der Waals surface area contributed by atoms with Gasteiger partial charge >= 0.3 is 0 Å². The van der Waals surface area contributed by atoms with Crippen LogP contribution in [0.1, 0.15) is 23.5 Å². The van der Waals surface area contributed by atoms with Crippen LogP contribution in [0.25, 0.3) is 0 Å². The number of sulfonamides is 1. The molecule has 3 rings (SSSR count). The summed E-state index contributed by atoms with van der Waals surface area (Å²) in [5.41, 5.74) is 1.99. The summed E-state index contributed by atoms with van der Waals surface area (Å²) in [5, 5.41) is 3.29. The monoisotopic (exact) mass is 292 g/mol. The molecule has 106 valence electrons. The van der Waals surface area contributed by atoms with Crippen LogP contribution in [0.2, 0.25) is 0 Å². The van der Waals surface area contributed by atoms with E-state index < -0.39 is 10.0 Å². The van der Waals surface area contributed by atoms with Gasteiger partial charge in [-0.25, -0.2) is 13.1 Å². The van der Waals surface area contributed by atoms with Crippen molar-refractivity contribution in [2.45, 2.75) is 24.0 Å². The molecule has 1 aliphatic carbocycles. The normalized spacial score (nSPS) is 21.8. The maximum absolute atomic E-state index is 12.2. The summed E-state index contributed by atoms with van der Waals surface area (Å²) >= 11 is 0. The van der Waals surface area contributed by atoms with E-state index in [1.54, 1.807) is 6.20 Å². The molecule has 2 aromatic rings. The quantitative estimate of drug-likeness (QED) is 0.879. The minimum Gasteiger partial charge on any atom is -0.364 e. The number of benzene rings is 1. The van der Waals surface area contributed by atoms with Crippen molar-refractivity contribution in [3.8, 4) is 0 Å². The van der Waals surface area contributed by atoms with Gasteiger partial charge in [-0.3, -0.25) is 0 Å². The van der Waals surface area contributed by atoms with Gasteiger partial charge in [-0.05, 0) is 18.4 Å². The molecule has 1 fully saturated rings. The Morgan fingerprint density at radius 2 is 2.10 bits per heavy atom. The molecule has 0 radical (unpaired) electrons. The first-order valence-corrected chi connectivity index (χ1v) is 8.13. The second-order valence-electron chi connectivity index (χ2n) is 5.01. The molecule has 1 N–H and O–H groups in total. The summed E-state index contributed by atoms with van der Waals surface area (Å²) in [7, 11) is -3.24. The Kier molecular flexibility index (Phi) is 3.58. The van der Waals surface area contributed by atoms with Gasteiger partial charge in [0.2, 0.25) is 10.0 Å². The van der Waals surface area contributed by atoms with E-state index in [-0.39, 0.29) is 11.2 Å². The first kappa shape index (κ1) is 13.3. The molecule has 1 heterocycles. The standard InChI is InChI=1S/C14H16N2O3S/c17-20(18,16-7-6-11-9-15-19-10-11)14-8-13(14)12-4-2-1-3-5-12/h1-5,9-10,13-14,16H,6-8H2. The largest absolute Gasteiger partial charge is 0.364 e. The minimum atomic E-state index is -3.24. The summed E-state index contributed by atoms with van der Waals surface area (Å²) in [5.74, 6) is 0.129. The fourth-order valence-corrected chi connectivity index (χ4v) is 4.01. The fraction of sp³-hybridized carbons (Fsp3) is 0.357. The molecule has 1 saturated carbocycles. The van der Waals surface area contributed by atoms with Crippen molar-refractivity contribution in [1.29, 1.82) is 0 Å². The van der Waals surface area contributed by atoms with Crippen molar-refractivity contribution in [1.82, 2.24) is 9.88 Å². The molecule has 0 saturated heterocycles. The lowest BCUT2D eigenvalue weighted by atomic mass is 10.1. The van der Waals surface area contributed by atoms with Gasteiger partial charge in [0, 0.05) is 18.0 Å². The van der Waals surface area contributed by atoms with Crippen LogP contribution in [0, 0.1) is 0 Å². The molecule has 2 unspecified atom stereocenters.